The molecule has 0 amide bonds. The third-order valence-electron chi connectivity index (χ3n) is 3.93. The maximum absolute atomic E-state index is 13.4. The fourth-order valence-electron chi connectivity index (χ4n) is 2.52. The number of alkyl halides is 3. The van der Waals surface area contributed by atoms with Crippen molar-refractivity contribution in [1.82, 2.24) is 9.97 Å². The van der Waals surface area contributed by atoms with E-state index in [1.165, 1.54) is 0 Å². The predicted octanol–water partition coefficient (Wildman–Crippen LogP) is 5.64. The molecule has 0 fully saturated rings. The van der Waals surface area contributed by atoms with E-state index >= 15 is 0 Å². The van der Waals surface area contributed by atoms with Gasteiger partial charge in [-0.3, -0.25) is 0 Å². The van der Waals surface area contributed by atoms with Crippen molar-refractivity contribution in [3.63, 3.8) is 0 Å². The maximum Gasteiger partial charge on any atom is 0.421 e. The van der Waals surface area contributed by atoms with Crippen LogP contribution >= 0.6 is 0 Å². The molecule has 0 bridgehead atoms. The second-order valence-electron chi connectivity index (χ2n) is 6.27. The summed E-state index contributed by atoms with van der Waals surface area (Å²) in [6, 6.07) is 15.0. The molecule has 0 aliphatic carbocycles. The Morgan fingerprint density at radius 2 is 1.83 bits per heavy atom. The van der Waals surface area contributed by atoms with Crippen molar-refractivity contribution in [2.24, 2.45) is 0 Å². The Bertz CT molecular complexity index is 1050. The van der Waals surface area contributed by atoms with Crippen LogP contribution < -0.4 is 15.4 Å². The number of benzene rings is 2. The zero-order valence-electron chi connectivity index (χ0n) is 16.0. The van der Waals surface area contributed by atoms with Gasteiger partial charge in [-0.25, -0.2) is 4.98 Å². The topological polar surface area (TPSA) is 82.9 Å². The van der Waals surface area contributed by atoms with Crippen LogP contribution in [0, 0.1) is 11.3 Å². The lowest BCUT2D eigenvalue weighted by Crippen LogP contribution is -2.12. The largest absolute Gasteiger partial charge is 0.494 e. The molecule has 6 nitrogen and oxygen atoms in total. The highest BCUT2D eigenvalue weighted by Gasteiger charge is 2.35. The van der Waals surface area contributed by atoms with Gasteiger partial charge >= 0.3 is 6.18 Å². The molecule has 2 aromatic carbocycles. The molecule has 9 heteroatoms. The first-order chi connectivity index (χ1) is 14.4. The third-order valence-corrected chi connectivity index (χ3v) is 3.93. The number of nitrogens with one attached hydrogen (secondary N) is 2. The molecule has 0 aliphatic heterocycles. The summed E-state index contributed by atoms with van der Waals surface area (Å²) in [5, 5.41) is 14.4. The molecule has 2 N–H and O–H groups in total. The fourth-order valence-corrected chi connectivity index (χ4v) is 2.52. The minimum atomic E-state index is -4.63. The Kier molecular flexibility index (Phi) is 6.37. The van der Waals surface area contributed by atoms with Gasteiger partial charge in [0.25, 0.3) is 0 Å². The smallest absolute Gasteiger partial charge is 0.421 e. The van der Waals surface area contributed by atoms with Gasteiger partial charge in [0.05, 0.1) is 18.2 Å². The zero-order valence-corrected chi connectivity index (χ0v) is 16.0. The van der Waals surface area contributed by atoms with Gasteiger partial charge in [0.15, 0.2) is 0 Å². The van der Waals surface area contributed by atoms with Crippen LogP contribution in [-0.2, 0) is 6.18 Å². The predicted molar refractivity (Wildman–Crippen MR) is 107 cm³/mol. The molecule has 0 radical (unpaired) electrons. The van der Waals surface area contributed by atoms with Crippen molar-refractivity contribution in [3.05, 3.63) is 65.9 Å². The summed E-state index contributed by atoms with van der Waals surface area (Å²) in [7, 11) is 0. The average molecular weight is 413 g/mol. The number of nitriles is 1. The van der Waals surface area contributed by atoms with E-state index in [0.29, 0.717) is 29.3 Å². The van der Waals surface area contributed by atoms with Gasteiger partial charge < -0.3 is 15.4 Å². The van der Waals surface area contributed by atoms with Gasteiger partial charge in [-0.15, -0.1) is 0 Å². The number of hydrogen-bond acceptors (Lipinski definition) is 6. The summed E-state index contributed by atoms with van der Waals surface area (Å²) >= 11 is 0. The van der Waals surface area contributed by atoms with Gasteiger partial charge in [-0.2, -0.15) is 23.4 Å². The highest BCUT2D eigenvalue weighted by atomic mass is 19.4. The van der Waals surface area contributed by atoms with E-state index in [0.717, 1.165) is 12.6 Å². The second kappa shape index (κ2) is 9.13. The molecule has 0 saturated heterocycles. The molecule has 3 aromatic rings. The quantitative estimate of drug-likeness (QED) is 0.521. The Balaban J connectivity index is 1.89. The van der Waals surface area contributed by atoms with Crippen molar-refractivity contribution in [1.29, 1.82) is 5.26 Å². The van der Waals surface area contributed by atoms with Crippen LogP contribution in [0.25, 0.3) is 0 Å². The molecule has 3 rings (SSSR count). The van der Waals surface area contributed by atoms with E-state index in [2.05, 4.69) is 20.6 Å². The second-order valence-corrected chi connectivity index (χ2v) is 6.27. The molecule has 0 aliphatic rings. The first-order valence-electron chi connectivity index (χ1n) is 9.10. The van der Waals surface area contributed by atoms with Crippen LogP contribution in [0.15, 0.2) is 54.7 Å². The normalized spacial score (nSPS) is 10.9. The Labute approximate surface area is 171 Å². The van der Waals surface area contributed by atoms with Gasteiger partial charge in [-0.1, -0.05) is 13.0 Å². The summed E-state index contributed by atoms with van der Waals surface area (Å²) in [4.78, 5) is 7.78. The molecule has 0 atom stereocenters. The Hall–Kier alpha value is -3.80. The number of hydrogen-bond donors (Lipinski definition) is 2. The van der Waals surface area contributed by atoms with Crippen LogP contribution in [0.2, 0.25) is 0 Å². The Morgan fingerprint density at radius 1 is 1.07 bits per heavy atom. The zero-order chi connectivity index (χ0) is 21.6. The summed E-state index contributed by atoms with van der Waals surface area (Å²) in [6.07, 6.45) is -3.10. The lowest BCUT2D eigenvalue weighted by molar-refractivity contribution is -0.137. The van der Waals surface area contributed by atoms with Crippen molar-refractivity contribution >= 4 is 23.1 Å². The summed E-state index contributed by atoms with van der Waals surface area (Å²) in [6.45, 7) is 2.46. The number of aromatic nitrogens is 2. The van der Waals surface area contributed by atoms with E-state index in [-0.39, 0.29) is 11.8 Å². The van der Waals surface area contributed by atoms with Gasteiger partial charge in [0.2, 0.25) is 5.95 Å². The van der Waals surface area contributed by atoms with E-state index in [4.69, 9.17) is 10.00 Å². The molecular formula is C21H18F3N5O. The monoisotopic (exact) mass is 413 g/mol. The maximum atomic E-state index is 13.4. The molecule has 1 aromatic heterocycles. The van der Waals surface area contributed by atoms with E-state index in [1.54, 1.807) is 48.5 Å². The van der Waals surface area contributed by atoms with E-state index < -0.39 is 11.7 Å². The number of nitrogens with zero attached hydrogens (tertiary/aromatic N) is 3. The van der Waals surface area contributed by atoms with Crippen LogP contribution in [0.1, 0.15) is 24.5 Å². The first-order valence-corrected chi connectivity index (χ1v) is 9.10. The van der Waals surface area contributed by atoms with Crippen molar-refractivity contribution < 1.29 is 17.9 Å². The van der Waals surface area contributed by atoms with Crippen LogP contribution in [0.4, 0.5) is 36.3 Å². The Morgan fingerprint density at radius 3 is 2.50 bits per heavy atom. The standard InChI is InChI=1S/C21H18F3N5O/c1-2-10-30-17-5-3-4-16(11-17)27-19-18(21(22,23)24)13-26-20(29-19)28-15-8-6-14(12-25)7-9-15/h3-9,11,13H,2,10H2,1H3,(H2,26,27,28,29). The van der Waals surface area contributed by atoms with Crippen LogP contribution in [0.5, 0.6) is 5.75 Å². The fraction of sp³-hybridized carbons (Fsp3) is 0.190. The van der Waals surface area contributed by atoms with Crippen LogP contribution in [0.3, 0.4) is 0 Å². The lowest BCUT2D eigenvalue weighted by atomic mass is 10.2. The molecule has 1 heterocycles. The molecular weight excluding hydrogens is 395 g/mol. The molecule has 30 heavy (non-hydrogen) atoms. The van der Waals surface area contributed by atoms with Crippen molar-refractivity contribution in [2.45, 2.75) is 19.5 Å². The van der Waals surface area contributed by atoms with Gasteiger partial charge in [0, 0.05) is 23.6 Å². The molecule has 154 valence electrons. The van der Waals surface area contributed by atoms with E-state index in [1.807, 2.05) is 13.0 Å². The van der Waals surface area contributed by atoms with Gasteiger partial charge in [0.1, 0.15) is 17.1 Å². The SMILES string of the molecule is CCCOc1cccc(Nc2nc(Nc3ccc(C#N)cc3)ncc2C(F)(F)F)c1. The highest BCUT2D eigenvalue weighted by Crippen LogP contribution is 2.35. The lowest BCUT2D eigenvalue weighted by Gasteiger charge is -2.15. The minimum Gasteiger partial charge on any atom is -0.494 e. The van der Waals surface area contributed by atoms with Crippen molar-refractivity contribution in [3.8, 4) is 11.8 Å². The molecule has 0 saturated carbocycles. The molecule has 0 unspecified atom stereocenters. The van der Waals surface area contributed by atoms with Crippen LogP contribution in [-0.4, -0.2) is 16.6 Å². The summed E-state index contributed by atoms with van der Waals surface area (Å²) < 4.78 is 45.9. The average Bonchev–Trinajstić information content (AvgIpc) is 2.72. The van der Waals surface area contributed by atoms with Gasteiger partial charge in [-0.05, 0) is 42.8 Å². The molecule has 0 spiro atoms. The number of halogens is 3. The first kappa shape index (κ1) is 20.9. The number of rotatable bonds is 7. The number of anilines is 4. The third kappa shape index (κ3) is 5.38. The summed E-state index contributed by atoms with van der Waals surface area (Å²) in [5.74, 6) is 0.135. The number of ether oxygens (including phenoxy) is 1. The highest BCUT2D eigenvalue weighted by molar-refractivity contribution is 5.64. The summed E-state index contributed by atoms with van der Waals surface area (Å²) in [5.41, 5.74) is 0.404. The minimum absolute atomic E-state index is 0.0198. The van der Waals surface area contributed by atoms with Crippen molar-refractivity contribution in [2.75, 3.05) is 17.2 Å². The van der Waals surface area contributed by atoms with E-state index in [9.17, 15) is 13.2 Å².